The Bertz CT molecular complexity index is 1700. The van der Waals surface area contributed by atoms with E-state index in [1.54, 1.807) is 4.90 Å². The lowest BCUT2D eigenvalue weighted by molar-refractivity contribution is -0.265. The van der Waals surface area contributed by atoms with Gasteiger partial charge in [-0.05, 0) is 65.7 Å². The Morgan fingerprint density at radius 3 is 1.90 bits per heavy atom. The Kier molecular flexibility index (Phi) is 13.2. The van der Waals surface area contributed by atoms with Crippen molar-refractivity contribution in [3.63, 3.8) is 0 Å². The third-order valence-electron chi connectivity index (χ3n) is 9.24. The molecule has 18 heteroatoms. The number of hydrogen-bond donors (Lipinski definition) is 0. The summed E-state index contributed by atoms with van der Waals surface area (Å²) in [5, 5.41) is 11.5. The lowest BCUT2D eigenvalue weighted by atomic mass is 9.84. The Morgan fingerprint density at radius 1 is 0.769 bits per heavy atom. The van der Waals surface area contributed by atoms with Crippen LogP contribution in [0.1, 0.15) is 57.1 Å². The standard InChI is InChI=1S/C34H40N10O8/c1-20(45)49-30-26(39-42-36)17-27(40-43-37)31(32(30)50-21(2)46)52-33-25(38-41-35)15-16-28(51-33)29(24-13-14-24)44(18-22-9-5-3-6-10-22)34(47)48-19-23-11-7-4-8-12-23/h3-12,24-33H,13-19H2,1-2H3/t25?,26-,27+,28+,29+,30+,31-,32-,33-/m1/s1. The van der Waals surface area contributed by atoms with Gasteiger partial charge in [-0.15, -0.1) is 0 Å². The minimum Gasteiger partial charge on any atom is -0.458 e. The van der Waals surface area contributed by atoms with Crippen LogP contribution in [-0.2, 0) is 46.4 Å². The van der Waals surface area contributed by atoms with Crippen LogP contribution in [0.3, 0.4) is 0 Å². The van der Waals surface area contributed by atoms with Crippen molar-refractivity contribution in [1.29, 1.82) is 0 Å². The molecule has 1 saturated heterocycles. The van der Waals surface area contributed by atoms with E-state index < -0.39 is 72.9 Å². The van der Waals surface area contributed by atoms with Gasteiger partial charge in [0.25, 0.3) is 0 Å². The highest BCUT2D eigenvalue weighted by atomic mass is 16.7. The molecule has 0 radical (unpaired) electrons. The summed E-state index contributed by atoms with van der Waals surface area (Å²) in [7, 11) is 0. The summed E-state index contributed by atoms with van der Waals surface area (Å²) in [5.74, 6) is -1.44. The number of ether oxygens (including phenoxy) is 5. The minimum atomic E-state index is -1.40. The van der Waals surface area contributed by atoms with Crippen LogP contribution in [0.25, 0.3) is 31.3 Å². The Balaban J connectivity index is 1.47. The number of carbonyl (C=O) groups is 3. The normalized spacial score (nSPS) is 27.3. The molecule has 0 bridgehead atoms. The van der Waals surface area contributed by atoms with Gasteiger partial charge in [0.15, 0.2) is 12.4 Å². The van der Waals surface area contributed by atoms with E-state index in [1.165, 1.54) is 0 Å². The van der Waals surface area contributed by atoms with Crippen molar-refractivity contribution >= 4 is 18.0 Å². The van der Waals surface area contributed by atoms with Gasteiger partial charge in [-0.25, -0.2) is 4.79 Å². The van der Waals surface area contributed by atoms with Gasteiger partial charge < -0.3 is 23.7 Å². The van der Waals surface area contributed by atoms with Gasteiger partial charge in [0, 0.05) is 35.1 Å². The number of rotatable bonds is 14. The zero-order chi connectivity index (χ0) is 37.0. The van der Waals surface area contributed by atoms with Gasteiger partial charge in [0.2, 0.25) is 0 Å². The summed E-state index contributed by atoms with van der Waals surface area (Å²) < 4.78 is 30.0. The number of benzene rings is 2. The van der Waals surface area contributed by atoms with E-state index in [0.29, 0.717) is 12.8 Å². The highest BCUT2D eigenvalue weighted by Crippen LogP contribution is 2.43. The number of amides is 1. The average Bonchev–Trinajstić information content (AvgIpc) is 3.97. The molecule has 2 aliphatic carbocycles. The molecule has 274 valence electrons. The SMILES string of the molecule is CC(=O)O[C@@H]1[C@@H](OC(C)=O)[C@H](N=[N+]=[N-])C[C@H](N=[N+]=[N-])[C@H]1O[C@H]1O[C@H]([C@H](C2CC2)N(Cc2ccccc2)C(=O)OCc2ccccc2)CCC1N=[N+]=[N-]. The molecule has 2 aromatic rings. The third kappa shape index (κ3) is 9.84. The van der Waals surface area contributed by atoms with E-state index >= 15 is 0 Å². The summed E-state index contributed by atoms with van der Waals surface area (Å²) in [6, 6.07) is 15.4. The molecule has 1 aliphatic heterocycles. The van der Waals surface area contributed by atoms with Crippen LogP contribution in [0.15, 0.2) is 76.0 Å². The van der Waals surface area contributed by atoms with Gasteiger partial charge in [-0.2, -0.15) is 0 Å². The molecule has 2 aromatic carbocycles. The van der Waals surface area contributed by atoms with Crippen molar-refractivity contribution in [3.8, 4) is 0 Å². The second-order valence-corrected chi connectivity index (χ2v) is 12.9. The second-order valence-electron chi connectivity index (χ2n) is 12.9. The third-order valence-corrected chi connectivity index (χ3v) is 9.24. The molecule has 3 aliphatic rings. The summed E-state index contributed by atoms with van der Waals surface area (Å²) in [4.78, 5) is 48.9. The highest BCUT2D eigenvalue weighted by Gasteiger charge is 2.52. The zero-order valence-corrected chi connectivity index (χ0v) is 28.7. The summed E-state index contributed by atoms with van der Waals surface area (Å²) in [6.45, 7) is 2.58. The number of esters is 2. The predicted octanol–water partition coefficient (Wildman–Crippen LogP) is 6.80. The Morgan fingerprint density at radius 2 is 1.33 bits per heavy atom. The number of azide groups is 3. The van der Waals surface area contributed by atoms with Crippen molar-refractivity contribution in [2.45, 2.75) is 114 Å². The minimum absolute atomic E-state index is 0.0684. The smallest absolute Gasteiger partial charge is 0.410 e. The molecule has 1 amide bonds. The zero-order valence-electron chi connectivity index (χ0n) is 28.7. The largest absolute Gasteiger partial charge is 0.458 e. The predicted molar refractivity (Wildman–Crippen MR) is 182 cm³/mol. The molecule has 52 heavy (non-hydrogen) atoms. The number of nitrogens with zero attached hydrogens (tertiary/aromatic N) is 10. The van der Waals surface area contributed by atoms with Gasteiger partial charge >= 0.3 is 18.0 Å². The quantitative estimate of drug-likeness (QED) is 0.0659. The topological polar surface area (TPSA) is 247 Å². The average molecular weight is 717 g/mol. The van der Waals surface area contributed by atoms with Crippen molar-refractivity contribution in [3.05, 3.63) is 103 Å². The van der Waals surface area contributed by atoms with E-state index in [9.17, 15) is 31.0 Å². The Hall–Kier alpha value is -5.50. The first-order chi connectivity index (χ1) is 25.2. The fraction of sp³-hybridized carbons (Fsp3) is 0.559. The van der Waals surface area contributed by atoms with Crippen molar-refractivity contribution in [2.24, 2.45) is 21.3 Å². The summed E-state index contributed by atoms with van der Waals surface area (Å²) >= 11 is 0. The lowest BCUT2D eigenvalue weighted by Crippen LogP contribution is -2.61. The molecular formula is C34H40N10O8. The molecule has 2 saturated carbocycles. The second kappa shape index (κ2) is 18.1. The fourth-order valence-electron chi connectivity index (χ4n) is 6.91. The van der Waals surface area contributed by atoms with E-state index in [4.69, 9.17) is 23.7 Å². The van der Waals surface area contributed by atoms with Crippen LogP contribution in [-0.4, -0.2) is 77.8 Å². The number of hydrogen-bond acceptors (Lipinski definition) is 11. The fourth-order valence-corrected chi connectivity index (χ4v) is 6.91. The van der Waals surface area contributed by atoms with Crippen LogP contribution in [0.2, 0.25) is 0 Å². The van der Waals surface area contributed by atoms with Gasteiger partial charge in [0.05, 0.1) is 30.3 Å². The molecule has 0 spiro atoms. The van der Waals surface area contributed by atoms with E-state index in [2.05, 4.69) is 30.1 Å². The van der Waals surface area contributed by atoms with Crippen molar-refractivity contribution in [1.82, 2.24) is 4.90 Å². The van der Waals surface area contributed by atoms with E-state index in [1.807, 2.05) is 60.7 Å². The van der Waals surface area contributed by atoms with Crippen LogP contribution in [0.4, 0.5) is 4.79 Å². The van der Waals surface area contributed by atoms with Gasteiger partial charge in [-0.3, -0.25) is 14.5 Å². The Labute approximate surface area is 299 Å². The van der Waals surface area contributed by atoms with Crippen molar-refractivity contribution < 1.29 is 38.1 Å². The van der Waals surface area contributed by atoms with Crippen LogP contribution in [0, 0.1) is 5.92 Å². The van der Waals surface area contributed by atoms with Crippen LogP contribution in [0.5, 0.6) is 0 Å². The maximum Gasteiger partial charge on any atom is 0.410 e. The first-order valence-corrected chi connectivity index (χ1v) is 17.0. The maximum atomic E-state index is 14.0. The van der Waals surface area contributed by atoms with Gasteiger partial charge in [0.1, 0.15) is 18.8 Å². The molecule has 3 fully saturated rings. The molecule has 1 heterocycles. The molecular weight excluding hydrogens is 676 g/mol. The molecule has 9 atom stereocenters. The van der Waals surface area contributed by atoms with Crippen LogP contribution < -0.4 is 0 Å². The molecule has 18 nitrogen and oxygen atoms in total. The number of carbonyl (C=O) groups excluding carboxylic acids is 3. The van der Waals surface area contributed by atoms with Crippen LogP contribution >= 0.6 is 0 Å². The lowest BCUT2D eigenvalue weighted by Gasteiger charge is -2.46. The maximum absolute atomic E-state index is 14.0. The van der Waals surface area contributed by atoms with E-state index in [-0.39, 0.29) is 25.5 Å². The van der Waals surface area contributed by atoms with E-state index in [0.717, 1.165) is 37.8 Å². The monoisotopic (exact) mass is 716 g/mol. The molecule has 0 N–H and O–H groups in total. The van der Waals surface area contributed by atoms with Crippen molar-refractivity contribution in [2.75, 3.05) is 0 Å². The highest BCUT2D eigenvalue weighted by molar-refractivity contribution is 5.69. The molecule has 1 unspecified atom stereocenters. The first-order valence-electron chi connectivity index (χ1n) is 17.0. The summed E-state index contributed by atoms with van der Waals surface area (Å²) in [6.07, 6.45) is -4.16. The molecule has 0 aromatic heterocycles. The van der Waals surface area contributed by atoms with Gasteiger partial charge in [-0.1, -0.05) is 76.0 Å². The summed E-state index contributed by atoms with van der Waals surface area (Å²) in [5.41, 5.74) is 29.9. The molecule has 5 rings (SSSR count). The first kappa shape index (κ1) is 37.7.